The van der Waals surface area contributed by atoms with Gasteiger partial charge in [0, 0.05) is 11.3 Å². The molecule has 0 fully saturated rings. The average molecular weight is 525 g/mol. The summed E-state index contributed by atoms with van der Waals surface area (Å²) in [6.07, 6.45) is 5.10. The molecular formula is C27H28N2O7S. The van der Waals surface area contributed by atoms with Crippen molar-refractivity contribution in [1.82, 2.24) is 5.32 Å². The maximum Gasteiger partial charge on any atom is 0.341 e. The van der Waals surface area contributed by atoms with E-state index in [1.807, 2.05) is 30.3 Å². The van der Waals surface area contributed by atoms with Gasteiger partial charge < -0.3 is 24.5 Å². The fourth-order valence-corrected chi connectivity index (χ4v) is 5.45. The lowest BCUT2D eigenvalue weighted by atomic mass is 9.95. The first kappa shape index (κ1) is 26.2. The van der Waals surface area contributed by atoms with Crippen molar-refractivity contribution in [1.29, 1.82) is 0 Å². The number of benzene rings is 1. The zero-order valence-corrected chi connectivity index (χ0v) is 21.2. The fourth-order valence-electron chi connectivity index (χ4n) is 4.15. The summed E-state index contributed by atoms with van der Waals surface area (Å²) in [5, 5.41) is 5.73. The number of hydrogen-bond donors (Lipinski definition) is 2. The summed E-state index contributed by atoms with van der Waals surface area (Å²) >= 11 is 1.35. The zero-order chi connectivity index (χ0) is 26.2. The first-order chi connectivity index (χ1) is 18.0. The van der Waals surface area contributed by atoms with Crippen LogP contribution in [0.2, 0.25) is 0 Å². The van der Waals surface area contributed by atoms with E-state index in [2.05, 4.69) is 10.6 Å². The Labute approximate surface area is 218 Å². The van der Waals surface area contributed by atoms with Gasteiger partial charge in [0.2, 0.25) is 0 Å². The number of fused-ring (bicyclic) bond motifs is 1. The second-order valence-corrected chi connectivity index (χ2v) is 9.59. The molecule has 0 radical (unpaired) electrons. The molecule has 0 saturated carbocycles. The molecule has 194 valence electrons. The Morgan fingerprint density at radius 3 is 2.54 bits per heavy atom. The van der Waals surface area contributed by atoms with Crippen LogP contribution in [0.4, 0.5) is 5.00 Å². The van der Waals surface area contributed by atoms with Gasteiger partial charge in [-0.15, -0.1) is 11.3 Å². The van der Waals surface area contributed by atoms with Crippen molar-refractivity contribution < 1.29 is 33.1 Å². The molecule has 2 heterocycles. The molecule has 0 bridgehead atoms. The molecule has 2 N–H and O–H groups in total. The van der Waals surface area contributed by atoms with Crippen molar-refractivity contribution in [3.8, 4) is 0 Å². The van der Waals surface area contributed by atoms with Crippen LogP contribution in [0, 0.1) is 0 Å². The summed E-state index contributed by atoms with van der Waals surface area (Å²) in [4.78, 5) is 51.8. The maximum atomic E-state index is 12.9. The Bertz CT molecular complexity index is 1250. The van der Waals surface area contributed by atoms with Crippen molar-refractivity contribution in [3.05, 3.63) is 76.1 Å². The van der Waals surface area contributed by atoms with E-state index in [1.54, 1.807) is 13.0 Å². The predicted molar refractivity (Wildman–Crippen MR) is 137 cm³/mol. The van der Waals surface area contributed by atoms with Gasteiger partial charge in [0.05, 0.1) is 18.4 Å². The Kier molecular flexibility index (Phi) is 8.73. The molecule has 0 saturated heterocycles. The molecule has 4 rings (SSSR count). The number of thiophene rings is 1. The standard InChI is InChI=1S/C27H28N2O7S/c1-2-34-27(33)23-18-11-6-7-13-21(18)37-25(23)29-22(30)16-36-26(32)19(15-17-9-4-3-5-10-17)28-24(31)20-12-8-14-35-20/h3-5,8-10,12,14,19H,2,6-7,11,13,15-16H2,1H3,(H,28,31)(H,29,30)/t19-/m0/s1. The molecule has 1 aromatic carbocycles. The van der Waals surface area contributed by atoms with Crippen molar-refractivity contribution >= 4 is 40.1 Å². The van der Waals surface area contributed by atoms with Crippen LogP contribution < -0.4 is 10.6 Å². The summed E-state index contributed by atoms with van der Waals surface area (Å²) in [7, 11) is 0. The van der Waals surface area contributed by atoms with Gasteiger partial charge in [-0.2, -0.15) is 0 Å². The number of furan rings is 1. The molecule has 1 aliphatic carbocycles. The van der Waals surface area contributed by atoms with E-state index in [0.717, 1.165) is 41.7 Å². The van der Waals surface area contributed by atoms with Crippen LogP contribution >= 0.6 is 11.3 Å². The highest BCUT2D eigenvalue weighted by Crippen LogP contribution is 2.38. The molecule has 0 spiro atoms. The van der Waals surface area contributed by atoms with Gasteiger partial charge in [-0.05, 0) is 55.9 Å². The molecule has 0 aliphatic heterocycles. The van der Waals surface area contributed by atoms with Gasteiger partial charge in [0.15, 0.2) is 12.4 Å². The summed E-state index contributed by atoms with van der Waals surface area (Å²) in [5.74, 6) is -2.35. The Morgan fingerprint density at radius 2 is 1.81 bits per heavy atom. The topological polar surface area (TPSA) is 124 Å². The number of esters is 2. The Hall–Kier alpha value is -3.92. The molecule has 1 aliphatic rings. The van der Waals surface area contributed by atoms with E-state index in [0.29, 0.717) is 10.6 Å². The quantitative estimate of drug-likeness (QED) is 0.385. The van der Waals surface area contributed by atoms with Crippen molar-refractivity contribution in [2.75, 3.05) is 18.5 Å². The van der Waals surface area contributed by atoms with Gasteiger partial charge in [-0.25, -0.2) is 9.59 Å². The molecule has 2 aromatic heterocycles. The smallest absolute Gasteiger partial charge is 0.341 e. The Balaban J connectivity index is 1.42. The van der Waals surface area contributed by atoms with Crippen LogP contribution in [0.3, 0.4) is 0 Å². The third-order valence-corrected chi connectivity index (χ3v) is 7.07. The van der Waals surface area contributed by atoms with Crippen molar-refractivity contribution in [2.24, 2.45) is 0 Å². The van der Waals surface area contributed by atoms with Crippen LogP contribution in [0.15, 0.2) is 53.1 Å². The first-order valence-corrected chi connectivity index (χ1v) is 12.9. The van der Waals surface area contributed by atoms with Crippen LogP contribution in [0.1, 0.15) is 56.7 Å². The number of aryl methyl sites for hydroxylation is 1. The fraction of sp³-hybridized carbons (Fsp3) is 0.333. The minimum atomic E-state index is -1.04. The lowest BCUT2D eigenvalue weighted by molar-refractivity contribution is -0.149. The number of hydrogen-bond acceptors (Lipinski definition) is 8. The van der Waals surface area contributed by atoms with E-state index in [9.17, 15) is 19.2 Å². The molecule has 2 amide bonds. The molecular weight excluding hydrogens is 496 g/mol. The average Bonchev–Trinajstić information content (AvgIpc) is 3.56. The monoisotopic (exact) mass is 524 g/mol. The Morgan fingerprint density at radius 1 is 1.03 bits per heavy atom. The van der Waals surface area contributed by atoms with Gasteiger partial charge in [0.1, 0.15) is 11.0 Å². The van der Waals surface area contributed by atoms with Crippen LogP contribution in [0.5, 0.6) is 0 Å². The second kappa shape index (κ2) is 12.4. The van der Waals surface area contributed by atoms with E-state index >= 15 is 0 Å². The highest BCUT2D eigenvalue weighted by atomic mass is 32.1. The molecule has 10 heteroatoms. The minimum Gasteiger partial charge on any atom is -0.462 e. The normalized spacial score (nSPS) is 13.2. The highest BCUT2D eigenvalue weighted by Gasteiger charge is 2.28. The third kappa shape index (κ3) is 6.65. The summed E-state index contributed by atoms with van der Waals surface area (Å²) in [6, 6.07) is 11.1. The van der Waals surface area contributed by atoms with Gasteiger partial charge >= 0.3 is 11.9 Å². The lowest BCUT2D eigenvalue weighted by Gasteiger charge is -2.17. The first-order valence-electron chi connectivity index (χ1n) is 12.1. The molecule has 1 atom stereocenters. The summed E-state index contributed by atoms with van der Waals surface area (Å²) in [6.45, 7) is 1.37. The van der Waals surface area contributed by atoms with Crippen molar-refractivity contribution in [2.45, 2.75) is 45.1 Å². The predicted octanol–water partition coefficient (Wildman–Crippen LogP) is 3.92. The summed E-state index contributed by atoms with van der Waals surface area (Å²) < 4.78 is 15.6. The molecule has 37 heavy (non-hydrogen) atoms. The zero-order valence-electron chi connectivity index (χ0n) is 20.4. The van der Waals surface area contributed by atoms with Crippen molar-refractivity contribution in [3.63, 3.8) is 0 Å². The van der Waals surface area contributed by atoms with Crippen LogP contribution in [0.25, 0.3) is 0 Å². The summed E-state index contributed by atoms with van der Waals surface area (Å²) in [5.41, 5.74) is 2.11. The van der Waals surface area contributed by atoms with E-state index in [-0.39, 0.29) is 18.8 Å². The number of nitrogens with one attached hydrogen (secondary N) is 2. The number of carbonyl (C=O) groups is 4. The van der Waals surface area contributed by atoms with E-state index in [1.165, 1.54) is 23.7 Å². The SMILES string of the molecule is CCOC(=O)c1c(NC(=O)COC(=O)[C@H](Cc2ccccc2)NC(=O)c2ccco2)sc2c1CCCC2. The van der Waals surface area contributed by atoms with Gasteiger partial charge in [-0.1, -0.05) is 30.3 Å². The molecule has 0 unspecified atom stereocenters. The molecule has 3 aromatic rings. The highest BCUT2D eigenvalue weighted by molar-refractivity contribution is 7.17. The number of anilines is 1. The van der Waals surface area contributed by atoms with E-state index in [4.69, 9.17) is 13.9 Å². The second-order valence-electron chi connectivity index (χ2n) is 8.48. The van der Waals surface area contributed by atoms with E-state index < -0.39 is 36.4 Å². The number of rotatable bonds is 10. The van der Waals surface area contributed by atoms with Crippen LogP contribution in [-0.4, -0.2) is 43.0 Å². The van der Waals surface area contributed by atoms with Gasteiger partial charge in [-0.3, -0.25) is 9.59 Å². The van der Waals surface area contributed by atoms with Crippen LogP contribution in [-0.2, 0) is 38.3 Å². The third-order valence-electron chi connectivity index (χ3n) is 5.87. The largest absolute Gasteiger partial charge is 0.462 e. The maximum absolute atomic E-state index is 12.9. The number of carbonyl (C=O) groups excluding carboxylic acids is 4. The lowest BCUT2D eigenvalue weighted by Crippen LogP contribution is -2.44. The minimum absolute atomic E-state index is 0.0526. The number of ether oxygens (including phenoxy) is 2. The van der Waals surface area contributed by atoms with Gasteiger partial charge in [0.25, 0.3) is 11.8 Å². The molecule has 9 nitrogen and oxygen atoms in total. The number of amides is 2.